The Kier molecular flexibility index (Phi) is 3.67. The molecule has 0 aliphatic heterocycles. The second-order valence-electron chi connectivity index (χ2n) is 2.25. The van der Waals surface area contributed by atoms with E-state index in [-0.39, 0.29) is 4.90 Å². The van der Waals surface area contributed by atoms with Gasteiger partial charge in [0.05, 0.1) is 0 Å². The van der Waals surface area contributed by atoms with Gasteiger partial charge in [0, 0.05) is 7.05 Å². The van der Waals surface area contributed by atoms with E-state index in [1.54, 1.807) is 0 Å². The van der Waals surface area contributed by atoms with Crippen LogP contribution in [0.5, 0.6) is 0 Å². The summed E-state index contributed by atoms with van der Waals surface area (Å²) in [5.74, 6) is 1.93. The standard InChI is InChI=1S/C5H8F3N3O2/c1-11(2-5(6,7)8)4(13)3(12)10-9/h2,9H2,1H3,(H,10,12). The van der Waals surface area contributed by atoms with Crippen LogP contribution < -0.4 is 11.3 Å². The minimum Gasteiger partial charge on any atom is -0.328 e. The quantitative estimate of drug-likeness (QED) is 0.246. The number of hydrazine groups is 1. The zero-order chi connectivity index (χ0) is 10.6. The Bertz CT molecular complexity index is 216. The second-order valence-corrected chi connectivity index (χ2v) is 2.25. The van der Waals surface area contributed by atoms with Crippen LogP contribution in [0, 0.1) is 0 Å². The molecule has 5 nitrogen and oxygen atoms in total. The first-order valence-electron chi connectivity index (χ1n) is 3.10. The number of amides is 2. The van der Waals surface area contributed by atoms with Crippen LogP contribution in [-0.2, 0) is 9.59 Å². The Hall–Kier alpha value is -1.31. The van der Waals surface area contributed by atoms with Crippen molar-refractivity contribution in [2.75, 3.05) is 13.6 Å². The van der Waals surface area contributed by atoms with Gasteiger partial charge in [0.2, 0.25) is 0 Å². The van der Waals surface area contributed by atoms with Gasteiger partial charge in [-0.25, -0.2) is 5.84 Å². The van der Waals surface area contributed by atoms with Gasteiger partial charge >= 0.3 is 18.0 Å². The average molecular weight is 199 g/mol. The third-order valence-electron chi connectivity index (χ3n) is 1.09. The smallest absolute Gasteiger partial charge is 0.328 e. The minimum atomic E-state index is -4.53. The highest BCUT2D eigenvalue weighted by Gasteiger charge is 2.32. The van der Waals surface area contributed by atoms with E-state index in [9.17, 15) is 22.8 Å². The number of nitrogens with zero attached hydrogens (tertiary/aromatic N) is 1. The predicted octanol–water partition coefficient (Wildman–Crippen LogP) is -1.00. The van der Waals surface area contributed by atoms with Crippen LogP contribution in [0.25, 0.3) is 0 Å². The van der Waals surface area contributed by atoms with Gasteiger partial charge in [-0.1, -0.05) is 0 Å². The summed E-state index contributed by atoms with van der Waals surface area (Å²) >= 11 is 0. The van der Waals surface area contributed by atoms with E-state index in [1.165, 1.54) is 5.43 Å². The van der Waals surface area contributed by atoms with E-state index in [4.69, 9.17) is 0 Å². The van der Waals surface area contributed by atoms with Gasteiger partial charge in [0.25, 0.3) is 0 Å². The summed E-state index contributed by atoms with van der Waals surface area (Å²) in [6.07, 6.45) is -4.53. The lowest BCUT2D eigenvalue weighted by atomic mass is 10.4. The van der Waals surface area contributed by atoms with Gasteiger partial charge in [-0.15, -0.1) is 0 Å². The van der Waals surface area contributed by atoms with Crippen molar-refractivity contribution in [2.45, 2.75) is 6.18 Å². The van der Waals surface area contributed by atoms with Crippen molar-refractivity contribution in [3.05, 3.63) is 0 Å². The number of hydrogen-bond donors (Lipinski definition) is 2. The Morgan fingerprint density at radius 2 is 1.92 bits per heavy atom. The summed E-state index contributed by atoms with van der Waals surface area (Å²) in [5.41, 5.74) is 1.43. The van der Waals surface area contributed by atoms with Crippen molar-refractivity contribution >= 4 is 11.8 Å². The van der Waals surface area contributed by atoms with E-state index in [0.717, 1.165) is 7.05 Å². The van der Waals surface area contributed by atoms with Crippen LogP contribution in [0.15, 0.2) is 0 Å². The molecule has 0 rings (SSSR count). The summed E-state index contributed by atoms with van der Waals surface area (Å²) in [5, 5.41) is 0. The van der Waals surface area contributed by atoms with Gasteiger partial charge < -0.3 is 4.90 Å². The highest BCUT2D eigenvalue weighted by Crippen LogP contribution is 2.15. The maximum Gasteiger partial charge on any atom is 0.406 e. The van der Waals surface area contributed by atoms with E-state index in [0.29, 0.717) is 0 Å². The molecule has 0 unspecified atom stereocenters. The molecule has 0 radical (unpaired) electrons. The van der Waals surface area contributed by atoms with E-state index >= 15 is 0 Å². The SMILES string of the molecule is CN(CC(F)(F)F)C(=O)C(=O)NN. The van der Waals surface area contributed by atoms with Gasteiger partial charge in [-0.2, -0.15) is 13.2 Å². The van der Waals surface area contributed by atoms with Gasteiger partial charge in [-0.05, 0) is 0 Å². The topological polar surface area (TPSA) is 75.4 Å². The molecule has 0 bridgehead atoms. The molecule has 76 valence electrons. The summed E-state index contributed by atoms with van der Waals surface area (Å²) in [7, 11) is 0.852. The van der Waals surface area contributed by atoms with Crippen molar-refractivity contribution in [3.8, 4) is 0 Å². The molecule has 3 N–H and O–H groups in total. The zero-order valence-corrected chi connectivity index (χ0v) is 6.68. The number of alkyl halides is 3. The number of halogens is 3. The Morgan fingerprint density at radius 3 is 2.23 bits per heavy atom. The number of carbonyl (C=O) groups is 2. The number of nitrogens with two attached hydrogens (primary N) is 1. The number of carbonyl (C=O) groups excluding carboxylic acids is 2. The Labute approximate surface area is 71.6 Å². The molecule has 0 aliphatic rings. The summed E-state index contributed by atoms with van der Waals surface area (Å²) in [4.78, 5) is 21.4. The monoisotopic (exact) mass is 199 g/mol. The Balaban J connectivity index is 4.20. The van der Waals surface area contributed by atoms with Gasteiger partial charge in [0.15, 0.2) is 0 Å². The van der Waals surface area contributed by atoms with Crippen LogP contribution in [0.2, 0.25) is 0 Å². The predicted molar refractivity (Wildman–Crippen MR) is 36.0 cm³/mol. The fourth-order valence-electron chi connectivity index (χ4n) is 0.576. The molecule has 0 fully saturated rings. The lowest BCUT2D eigenvalue weighted by molar-refractivity contribution is -0.162. The Morgan fingerprint density at radius 1 is 1.46 bits per heavy atom. The van der Waals surface area contributed by atoms with Crippen molar-refractivity contribution in [2.24, 2.45) is 5.84 Å². The van der Waals surface area contributed by atoms with Gasteiger partial charge in [0.1, 0.15) is 6.54 Å². The summed E-state index contributed by atoms with van der Waals surface area (Å²) in [6.45, 7) is -1.49. The molecule has 0 aromatic heterocycles. The first-order chi connectivity index (χ1) is 5.78. The maximum atomic E-state index is 11.7. The van der Waals surface area contributed by atoms with Crippen LogP contribution >= 0.6 is 0 Å². The second kappa shape index (κ2) is 4.08. The van der Waals surface area contributed by atoms with Crippen molar-refractivity contribution in [1.29, 1.82) is 0 Å². The molecule has 0 saturated heterocycles. The van der Waals surface area contributed by atoms with Crippen LogP contribution in [-0.4, -0.2) is 36.5 Å². The molecule has 2 amide bonds. The lowest BCUT2D eigenvalue weighted by Crippen LogP contribution is -2.46. The summed E-state index contributed by atoms with van der Waals surface area (Å²) < 4.78 is 35.0. The molecule has 0 aromatic rings. The van der Waals surface area contributed by atoms with Crippen LogP contribution in [0.4, 0.5) is 13.2 Å². The fraction of sp³-hybridized carbons (Fsp3) is 0.600. The lowest BCUT2D eigenvalue weighted by Gasteiger charge is -2.17. The molecule has 0 heterocycles. The number of hydrogen-bond acceptors (Lipinski definition) is 3. The van der Waals surface area contributed by atoms with Crippen molar-refractivity contribution < 1.29 is 22.8 Å². The maximum absolute atomic E-state index is 11.7. The molecular weight excluding hydrogens is 191 g/mol. The molecule has 0 aromatic carbocycles. The first-order valence-corrected chi connectivity index (χ1v) is 3.10. The fourth-order valence-corrected chi connectivity index (χ4v) is 0.576. The molecule has 0 atom stereocenters. The van der Waals surface area contributed by atoms with E-state index in [2.05, 4.69) is 5.84 Å². The first kappa shape index (κ1) is 11.7. The number of rotatable bonds is 1. The summed E-state index contributed by atoms with van der Waals surface area (Å²) in [6, 6.07) is 0. The van der Waals surface area contributed by atoms with Crippen molar-refractivity contribution in [3.63, 3.8) is 0 Å². The van der Waals surface area contributed by atoms with Gasteiger partial charge in [-0.3, -0.25) is 15.0 Å². The highest BCUT2D eigenvalue weighted by molar-refractivity contribution is 6.34. The molecule has 0 saturated carbocycles. The van der Waals surface area contributed by atoms with Crippen molar-refractivity contribution in [1.82, 2.24) is 10.3 Å². The molecular formula is C5H8F3N3O2. The largest absolute Gasteiger partial charge is 0.406 e. The minimum absolute atomic E-state index is 0.224. The molecule has 0 aliphatic carbocycles. The van der Waals surface area contributed by atoms with E-state index < -0.39 is 24.5 Å². The number of likely N-dealkylation sites (N-methyl/N-ethyl adjacent to an activating group) is 1. The third-order valence-corrected chi connectivity index (χ3v) is 1.09. The van der Waals surface area contributed by atoms with E-state index in [1.807, 2.05) is 0 Å². The zero-order valence-electron chi connectivity index (χ0n) is 6.68. The normalized spacial score (nSPS) is 10.8. The molecule has 13 heavy (non-hydrogen) atoms. The average Bonchev–Trinajstić information content (AvgIpc) is 1.98. The van der Waals surface area contributed by atoms with Crippen LogP contribution in [0.1, 0.15) is 0 Å². The number of nitrogens with one attached hydrogen (secondary N) is 1. The molecule has 8 heteroatoms. The third kappa shape index (κ3) is 4.31. The molecule has 0 spiro atoms. The van der Waals surface area contributed by atoms with Crippen LogP contribution in [0.3, 0.4) is 0 Å². The highest BCUT2D eigenvalue weighted by atomic mass is 19.4.